The van der Waals surface area contributed by atoms with Gasteiger partial charge in [0.05, 0.1) is 8.07 Å². The second-order valence-corrected chi connectivity index (χ2v) is 9.98. The van der Waals surface area contributed by atoms with E-state index in [1.54, 1.807) is 6.07 Å². The zero-order valence-corrected chi connectivity index (χ0v) is 8.70. The summed E-state index contributed by atoms with van der Waals surface area (Å²) in [5, 5.41) is 18.2. The Labute approximate surface area is 71.1 Å². The van der Waals surface area contributed by atoms with Crippen molar-refractivity contribution >= 4 is 23.9 Å². The fraction of sp³-hybridized carbons (Fsp3) is 0.429. The summed E-state index contributed by atoms with van der Waals surface area (Å²) in [5.41, 5.74) is 0. The molecule has 0 saturated carbocycles. The van der Waals surface area contributed by atoms with Crippen molar-refractivity contribution in [1.29, 1.82) is 0 Å². The topological polar surface area (TPSA) is 40.5 Å². The minimum Gasteiger partial charge on any atom is -0.504 e. The Kier molecular flexibility index (Phi) is 1.98. The van der Waals surface area contributed by atoms with Gasteiger partial charge in [-0.05, 0) is 10.6 Å². The molecule has 62 valence electrons. The van der Waals surface area contributed by atoms with Gasteiger partial charge in [0.1, 0.15) is 0 Å². The average Bonchev–Trinajstić information content (AvgIpc) is 2.11. The molecule has 0 bridgehead atoms. The first-order chi connectivity index (χ1) is 4.91. The van der Waals surface area contributed by atoms with Gasteiger partial charge >= 0.3 is 0 Å². The molecule has 0 fully saturated rings. The molecule has 1 heterocycles. The molecule has 0 atom stereocenters. The Morgan fingerprint density at radius 2 is 1.82 bits per heavy atom. The number of thiophene rings is 1. The predicted octanol–water partition coefficient (Wildman–Crippen LogP) is 1.70. The van der Waals surface area contributed by atoms with Gasteiger partial charge in [-0.3, -0.25) is 0 Å². The minimum atomic E-state index is -1.35. The first-order valence-corrected chi connectivity index (χ1v) is 7.75. The summed E-state index contributed by atoms with van der Waals surface area (Å²) in [6, 6.07) is 1.67. The van der Waals surface area contributed by atoms with Crippen molar-refractivity contribution in [2.24, 2.45) is 0 Å². The van der Waals surface area contributed by atoms with E-state index < -0.39 is 8.07 Å². The lowest BCUT2D eigenvalue weighted by molar-refractivity contribution is 0.415. The van der Waals surface area contributed by atoms with E-state index in [1.165, 1.54) is 11.3 Å². The van der Waals surface area contributed by atoms with Gasteiger partial charge in [0, 0.05) is 0 Å². The Balaban J connectivity index is 3.08. The molecule has 0 unspecified atom stereocenters. The highest BCUT2D eigenvalue weighted by Gasteiger charge is 2.20. The maximum absolute atomic E-state index is 9.09. The van der Waals surface area contributed by atoms with Crippen LogP contribution in [-0.2, 0) is 0 Å². The number of aromatic hydroxyl groups is 2. The Bertz CT molecular complexity index is 242. The molecule has 0 amide bonds. The molecule has 0 spiro atoms. The molecular formula is C7H12O2SSi. The molecule has 11 heavy (non-hydrogen) atoms. The molecule has 1 rings (SSSR count). The van der Waals surface area contributed by atoms with Crippen LogP contribution in [0.25, 0.3) is 0 Å². The van der Waals surface area contributed by atoms with Crippen LogP contribution in [0.5, 0.6) is 10.8 Å². The van der Waals surface area contributed by atoms with Gasteiger partial charge in [0.2, 0.25) is 5.06 Å². The molecule has 0 aliphatic heterocycles. The lowest BCUT2D eigenvalue weighted by atomic mass is 10.6. The predicted molar refractivity (Wildman–Crippen MR) is 50.6 cm³/mol. The van der Waals surface area contributed by atoms with Crippen molar-refractivity contribution in [3.8, 4) is 10.8 Å². The number of hydrogen-bond donors (Lipinski definition) is 2. The Hall–Kier alpha value is -0.483. The highest BCUT2D eigenvalue weighted by Crippen LogP contribution is 2.30. The first-order valence-electron chi connectivity index (χ1n) is 3.43. The molecule has 0 aromatic carbocycles. The Morgan fingerprint density at radius 3 is 2.00 bits per heavy atom. The SMILES string of the molecule is C[Si](C)(C)c1cc(O)c(O)s1. The van der Waals surface area contributed by atoms with Crippen molar-refractivity contribution in [2.45, 2.75) is 19.6 Å². The second kappa shape index (κ2) is 2.53. The fourth-order valence-corrected chi connectivity index (χ4v) is 3.37. The van der Waals surface area contributed by atoms with Crippen LogP contribution in [0, 0.1) is 0 Å². The Morgan fingerprint density at radius 1 is 1.27 bits per heavy atom. The summed E-state index contributed by atoms with van der Waals surface area (Å²) in [6.45, 7) is 6.53. The van der Waals surface area contributed by atoms with Crippen LogP contribution >= 0.6 is 11.3 Å². The third-order valence-electron chi connectivity index (χ3n) is 1.43. The molecular weight excluding hydrogens is 176 g/mol. The van der Waals surface area contributed by atoms with Crippen LogP contribution in [0.1, 0.15) is 0 Å². The smallest absolute Gasteiger partial charge is 0.214 e. The van der Waals surface area contributed by atoms with Gasteiger partial charge in [-0.15, -0.1) is 11.3 Å². The molecule has 0 aliphatic carbocycles. The van der Waals surface area contributed by atoms with Crippen molar-refractivity contribution in [2.75, 3.05) is 0 Å². The molecule has 0 radical (unpaired) electrons. The van der Waals surface area contributed by atoms with E-state index in [-0.39, 0.29) is 10.8 Å². The van der Waals surface area contributed by atoms with Gasteiger partial charge in [0.15, 0.2) is 5.75 Å². The molecule has 4 heteroatoms. The zero-order chi connectivity index (χ0) is 8.65. The summed E-state index contributed by atoms with van der Waals surface area (Å²) in [6.07, 6.45) is 0. The van der Waals surface area contributed by atoms with E-state index in [0.717, 1.165) is 4.50 Å². The largest absolute Gasteiger partial charge is 0.504 e. The van der Waals surface area contributed by atoms with Crippen molar-refractivity contribution in [3.05, 3.63) is 6.07 Å². The van der Waals surface area contributed by atoms with Crippen LogP contribution in [0.4, 0.5) is 0 Å². The lowest BCUT2D eigenvalue weighted by Crippen LogP contribution is -2.34. The van der Waals surface area contributed by atoms with Crippen LogP contribution < -0.4 is 4.50 Å². The normalized spacial score (nSPS) is 11.9. The van der Waals surface area contributed by atoms with E-state index in [2.05, 4.69) is 19.6 Å². The summed E-state index contributed by atoms with van der Waals surface area (Å²) in [4.78, 5) is 0. The summed E-state index contributed by atoms with van der Waals surface area (Å²) in [5.74, 6) is 0.0208. The summed E-state index contributed by atoms with van der Waals surface area (Å²) in [7, 11) is -1.35. The van der Waals surface area contributed by atoms with E-state index in [1.807, 2.05) is 0 Å². The zero-order valence-electron chi connectivity index (χ0n) is 6.88. The van der Waals surface area contributed by atoms with Crippen LogP contribution in [0.2, 0.25) is 19.6 Å². The van der Waals surface area contributed by atoms with E-state index >= 15 is 0 Å². The van der Waals surface area contributed by atoms with Gasteiger partial charge in [-0.25, -0.2) is 0 Å². The maximum Gasteiger partial charge on any atom is 0.214 e. The van der Waals surface area contributed by atoms with E-state index in [9.17, 15) is 0 Å². The maximum atomic E-state index is 9.09. The standard InChI is InChI=1S/C7H12O2SSi/c1-11(2,3)6-4-5(8)7(9)10-6/h4,8-9H,1-3H3. The highest BCUT2D eigenvalue weighted by molar-refractivity contribution is 7.27. The van der Waals surface area contributed by atoms with Crippen molar-refractivity contribution in [1.82, 2.24) is 0 Å². The number of rotatable bonds is 1. The van der Waals surface area contributed by atoms with Gasteiger partial charge in [-0.2, -0.15) is 0 Å². The van der Waals surface area contributed by atoms with E-state index in [4.69, 9.17) is 10.2 Å². The monoisotopic (exact) mass is 188 g/mol. The van der Waals surface area contributed by atoms with Crippen LogP contribution in [0.15, 0.2) is 6.07 Å². The second-order valence-electron chi connectivity index (χ2n) is 3.55. The quantitative estimate of drug-likeness (QED) is 0.659. The highest BCUT2D eigenvalue weighted by atomic mass is 32.1. The van der Waals surface area contributed by atoms with Gasteiger partial charge < -0.3 is 10.2 Å². The minimum absolute atomic E-state index is 0.0208. The van der Waals surface area contributed by atoms with Crippen molar-refractivity contribution in [3.63, 3.8) is 0 Å². The molecule has 0 saturated heterocycles. The van der Waals surface area contributed by atoms with Crippen LogP contribution in [-0.4, -0.2) is 18.3 Å². The molecule has 2 N–H and O–H groups in total. The fourth-order valence-electron chi connectivity index (χ4n) is 0.741. The first kappa shape index (κ1) is 8.61. The van der Waals surface area contributed by atoms with Gasteiger partial charge in [0.25, 0.3) is 0 Å². The lowest BCUT2D eigenvalue weighted by Gasteiger charge is -2.11. The molecule has 1 aromatic heterocycles. The van der Waals surface area contributed by atoms with Crippen molar-refractivity contribution < 1.29 is 10.2 Å². The van der Waals surface area contributed by atoms with Gasteiger partial charge in [-0.1, -0.05) is 19.6 Å². The number of hydrogen-bond acceptors (Lipinski definition) is 3. The molecule has 2 nitrogen and oxygen atoms in total. The summed E-state index contributed by atoms with van der Waals surface area (Å²) < 4.78 is 1.13. The van der Waals surface area contributed by atoms with E-state index in [0.29, 0.717) is 0 Å². The molecule has 1 aromatic rings. The average molecular weight is 188 g/mol. The molecule has 0 aliphatic rings. The third kappa shape index (κ3) is 1.75. The summed E-state index contributed by atoms with van der Waals surface area (Å²) >= 11 is 1.29. The van der Waals surface area contributed by atoms with Crippen LogP contribution in [0.3, 0.4) is 0 Å². The third-order valence-corrected chi connectivity index (χ3v) is 5.94.